The van der Waals surface area contributed by atoms with Gasteiger partial charge in [0.25, 0.3) is 5.91 Å². The van der Waals surface area contributed by atoms with Gasteiger partial charge in [-0.2, -0.15) is 0 Å². The van der Waals surface area contributed by atoms with Gasteiger partial charge in [-0.05, 0) is 49.5 Å². The van der Waals surface area contributed by atoms with Crippen LogP contribution in [0.1, 0.15) is 21.5 Å². The molecule has 0 unspecified atom stereocenters. The zero-order chi connectivity index (χ0) is 17.5. The average Bonchev–Trinajstić information content (AvgIpc) is 2.58. The molecule has 0 aliphatic rings. The molecule has 0 atom stereocenters. The summed E-state index contributed by atoms with van der Waals surface area (Å²) in [6, 6.07) is 13.7. The minimum Gasteiger partial charge on any atom is -0.333 e. The Hall–Kier alpha value is -2.24. The van der Waals surface area contributed by atoms with Crippen molar-refractivity contribution in [2.75, 3.05) is 27.2 Å². The molecule has 0 saturated carbocycles. The molecular weight excluding hydrogens is 305 g/mol. The number of benzene rings is 2. The Labute approximate surface area is 142 Å². The third kappa shape index (κ3) is 5.15. The van der Waals surface area contributed by atoms with Gasteiger partial charge in [-0.3, -0.25) is 4.79 Å². The highest BCUT2D eigenvalue weighted by Gasteiger charge is 2.16. The van der Waals surface area contributed by atoms with Crippen LogP contribution in [0, 0.1) is 5.82 Å². The first-order chi connectivity index (χ1) is 11.5. The molecule has 0 saturated heterocycles. The van der Waals surface area contributed by atoms with Crippen molar-refractivity contribution in [1.82, 2.24) is 9.80 Å². The summed E-state index contributed by atoms with van der Waals surface area (Å²) < 4.78 is 13.4. The lowest BCUT2D eigenvalue weighted by atomic mass is 10.1. The molecule has 2 aromatic carbocycles. The lowest BCUT2D eigenvalue weighted by Gasteiger charge is -2.25. The van der Waals surface area contributed by atoms with E-state index in [1.165, 1.54) is 12.1 Å². The van der Waals surface area contributed by atoms with Crippen molar-refractivity contribution in [3.63, 3.8) is 0 Å². The molecule has 2 N–H and O–H groups in total. The van der Waals surface area contributed by atoms with Crippen molar-refractivity contribution in [3.05, 3.63) is 71.0 Å². The summed E-state index contributed by atoms with van der Waals surface area (Å²) in [6.07, 6.45) is 0. The number of nitrogens with zero attached hydrogens (tertiary/aromatic N) is 2. The Bertz CT molecular complexity index is 671. The molecule has 0 fully saturated rings. The molecule has 0 heterocycles. The van der Waals surface area contributed by atoms with Crippen LogP contribution in [-0.2, 0) is 13.1 Å². The number of carbonyl (C=O) groups is 1. The SMILES string of the molecule is CN(C)CCN(Cc1cccc(F)c1)C(=O)c1ccc(CN)cc1. The van der Waals surface area contributed by atoms with Crippen molar-refractivity contribution < 1.29 is 9.18 Å². The van der Waals surface area contributed by atoms with Crippen molar-refractivity contribution in [1.29, 1.82) is 0 Å². The predicted octanol–water partition coefficient (Wildman–Crippen LogP) is 2.49. The van der Waals surface area contributed by atoms with Crippen molar-refractivity contribution in [3.8, 4) is 0 Å². The highest BCUT2D eigenvalue weighted by atomic mass is 19.1. The zero-order valence-corrected chi connectivity index (χ0v) is 14.2. The molecule has 4 nitrogen and oxygen atoms in total. The van der Waals surface area contributed by atoms with E-state index < -0.39 is 0 Å². The molecule has 0 bridgehead atoms. The third-order valence-electron chi connectivity index (χ3n) is 3.80. The van der Waals surface area contributed by atoms with E-state index in [1.54, 1.807) is 23.1 Å². The quantitative estimate of drug-likeness (QED) is 0.849. The molecular formula is C19H24FN3O. The summed E-state index contributed by atoms with van der Waals surface area (Å²) in [5.41, 5.74) is 7.97. The third-order valence-corrected chi connectivity index (χ3v) is 3.80. The number of amides is 1. The maximum atomic E-state index is 13.4. The smallest absolute Gasteiger partial charge is 0.254 e. The van der Waals surface area contributed by atoms with Gasteiger partial charge in [0, 0.05) is 31.7 Å². The lowest BCUT2D eigenvalue weighted by Crippen LogP contribution is -2.36. The standard InChI is InChI=1S/C19H24FN3O/c1-22(2)10-11-23(14-16-4-3-5-18(20)12-16)19(24)17-8-6-15(13-21)7-9-17/h3-9,12H,10-11,13-14,21H2,1-2H3. The summed E-state index contributed by atoms with van der Waals surface area (Å²) in [4.78, 5) is 16.6. The van der Waals surface area contributed by atoms with Gasteiger partial charge in [0.2, 0.25) is 0 Å². The lowest BCUT2D eigenvalue weighted by molar-refractivity contribution is 0.0732. The summed E-state index contributed by atoms with van der Waals surface area (Å²) in [5.74, 6) is -0.357. The van der Waals surface area contributed by atoms with E-state index in [-0.39, 0.29) is 11.7 Å². The zero-order valence-electron chi connectivity index (χ0n) is 14.2. The van der Waals surface area contributed by atoms with Crippen LogP contribution in [0.2, 0.25) is 0 Å². The first-order valence-corrected chi connectivity index (χ1v) is 7.97. The topological polar surface area (TPSA) is 49.6 Å². The van der Waals surface area contributed by atoms with Gasteiger partial charge in [0.1, 0.15) is 5.82 Å². The maximum absolute atomic E-state index is 13.4. The van der Waals surface area contributed by atoms with E-state index in [1.807, 2.05) is 37.2 Å². The van der Waals surface area contributed by atoms with Crippen LogP contribution >= 0.6 is 0 Å². The molecule has 2 aromatic rings. The minimum atomic E-state index is -0.292. The summed E-state index contributed by atoms with van der Waals surface area (Å²) in [6.45, 7) is 2.13. The fraction of sp³-hybridized carbons (Fsp3) is 0.316. The summed E-state index contributed by atoms with van der Waals surface area (Å²) >= 11 is 0. The van der Waals surface area contributed by atoms with E-state index in [0.717, 1.165) is 17.7 Å². The summed E-state index contributed by atoms with van der Waals surface area (Å²) in [5, 5.41) is 0. The second-order valence-electron chi connectivity index (χ2n) is 6.06. The fourth-order valence-electron chi connectivity index (χ4n) is 2.39. The van der Waals surface area contributed by atoms with Crippen molar-refractivity contribution >= 4 is 5.91 Å². The molecule has 0 aliphatic carbocycles. The van der Waals surface area contributed by atoms with Crippen LogP contribution < -0.4 is 5.73 Å². The van der Waals surface area contributed by atoms with E-state index >= 15 is 0 Å². The van der Waals surface area contributed by atoms with Gasteiger partial charge in [0.05, 0.1) is 0 Å². The molecule has 1 amide bonds. The monoisotopic (exact) mass is 329 g/mol. The van der Waals surface area contributed by atoms with E-state index in [4.69, 9.17) is 5.73 Å². The van der Waals surface area contributed by atoms with Crippen LogP contribution in [0.3, 0.4) is 0 Å². The highest BCUT2D eigenvalue weighted by Crippen LogP contribution is 2.12. The Morgan fingerprint density at radius 1 is 1.04 bits per heavy atom. The van der Waals surface area contributed by atoms with Gasteiger partial charge >= 0.3 is 0 Å². The molecule has 5 heteroatoms. The molecule has 0 radical (unpaired) electrons. The largest absolute Gasteiger partial charge is 0.333 e. The minimum absolute atomic E-state index is 0.0651. The maximum Gasteiger partial charge on any atom is 0.254 e. The molecule has 0 aromatic heterocycles. The second-order valence-corrected chi connectivity index (χ2v) is 6.06. The number of hydrogen-bond acceptors (Lipinski definition) is 3. The number of halogens is 1. The van der Waals surface area contributed by atoms with Gasteiger partial charge in [-0.25, -0.2) is 4.39 Å². The van der Waals surface area contributed by atoms with Crippen molar-refractivity contribution in [2.45, 2.75) is 13.1 Å². The van der Waals surface area contributed by atoms with Crippen LogP contribution in [0.15, 0.2) is 48.5 Å². The molecule has 0 spiro atoms. The number of hydrogen-bond donors (Lipinski definition) is 1. The van der Waals surface area contributed by atoms with E-state index in [2.05, 4.69) is 0 Å². The van der Waals surface area contributed by atoms with Gasteiger partial charge in [-0.15, -0.1) is 0 Å². The van der Waals surface area contributed by atoms with Gasteiger partial charge < -0.3 is 15.5 Å². The van der Waals surface area contributed by atoms with Crippen LogP contribution in [0.5, 0.6) is 0 Å². The molecule has 24 heavy (non-hydrogen) atoms. The van der Waals surface area contributed by atoms with Crippen molar-refractivity contribution in [2.24, 2.45) is 5.73 Å². The Balaban J connectivity index is 2.18. The van der Waals surface area contributed by atoms with Crippen LogP contribution in [0.4, 0.5) is 4.39 Å². The average molecular weight is 329 g/mol. The molecule has 0 aliphatic heterocycles. The summed E-state index contributed by atoms with van der Waals surface area (Å²) in [7, 11) is 3.92. The number of nitrogens with two attached hydrogens (primary N) is 1. The second kappa shape index (κ2) is 8.57. The molecule has 2 rings (SSSR count). The molecule has 128 valence electrons. The first kappa shape index (κ1) is 18.1. The van der Waals surface area contributed by atoms with Gasteiger partial charge in [-0.1, -0.05) is 24.3 Å². The highest BCUT2D eigenvalue weighted by molar-refractivity contribution is 5.94. The van der Waals surface area contributed by atoms with E-state index in [9.17, 15) is 9.18 Å². The fourth-order valence-corrected chi connectivity index (χ4v) is 2.39. The first-order valence-electron chi connectivity index (χ1n) is 7.97. The van der Waals surface area contributed by atoms with Crippen LogP contribution in [0.25, 0.3) is 0 Å². The predicted molar refractivity (Wildman–Crippen MR) is 94.0 cm³/mol. The number of rotatable bonds is 7. The van der Waals surface area contributed by atoms with Crippen LogP contribution in [-0.4, -0.2) is 42.9 Å². The Morgan fingerprint density at radius 3 is 2.33 bits per heavy atom. The Kier molecular flexibility index (Phi) is 6.46. The number of carbonyl (C=O) groups excluding carboxylic acids is 1. The Morgan fingerprint density at radius 2 is 1.75 bits per heavy atom. The number of likely N-dealkylation sites (N-methyl/N-ethyl adjacent to an activating group) is 1. The normalized spacial score (nSPS) is 10.9. The van der Waals surface area contributed by atoms with Gasteiger partial charge in [0.15, 0.2) is 0 Å². The van der Waals surface area contributed by atoms with E-state index in [0.29, 0.717) is 25.2 Å².